The number of benzene rings is 1. The molecule has 3 aliphatic carbocycles. The van der Waals surface area contributed by atoms with Crippen LogP contribution in [0.15, 0.2) is 29.0 Å². The maximum atomic E-state index is 13.8. The van der Waals surface area contributed by atoms with Crippen LogP contribution in [0.2, 0.25) is 0 Å². The molecule has 1 aromatic rings. The van der Waals surface area contributed by atoms with E-state index >= 15 is 0 Å². The first-order chi connectivity index (χ1) is 16.4. The van der Waals surface area contributed by atoms with E-state index in [1.165, 1.54) is 11.0 Å². The first kappa shape index (κ1) is 24.7. The number of nitrogens with two attached hydrogens (primary N) is 1. The number of rotatable bonds is 4. The van der Waals surface area contributed by atoms with Crippen molar-refractivity contribution in [2.24, 2.45) is 17.6 Å². The van der Waals surface area contributed by atoms with Gasteiger partial charge in [0.15, 0.2) is 11.4 Å². The van der Waals surface area contributed by atoms with Gasteiger partial charge in [-0.1, -0.05) is 0 Å². The summed E-state index contributed by atoms with van der Waals surface area (Å²) in [5.41, 5.74) is 3.29. The van der Waals surface area contributed by atoms with Gasteiger partial charge in [0.25, 0.3) is 5.91 Å². The van der Waals surface area contributed by atoms with E-state index in [4.69, 9.17) is 5.73 Å². The number of Topliss-reactive ketones (excluding diaryl/α,β-unsaturated/α-hetero) is 2. The number of hydrogen-bond donors (Lipinski definition) is 6. The molecule has 0 radical (unpaired) electrons. The Morgan fingerprint density at radius 2 is 1.83 bits per heavy atom. The second kappa shape index (κ2) is 8.36. The Bertz CT molecular complexity index is 1200. The fourth-order valence-electron chi connectivity index (χ4n) is 5.81. The van der Waals surface area contributed by atoms with E-state index in [1.807, 2.05) is 19.0 Å². The van der Waals surface area contributed by atoms with Crippen molar-refractivity contribution in [2.75, 3.05) is 39.8 Å². The van der Waals surface area contributed by atoms with Gasteiger partial charge in [0.2, 0.25) is 5.78 Å². The van der Waals surface area contributed by atoms with E-state index < -0.39 is 58.0 Å². The number of anilines is 1. The summed E-state index contributed by atoms with van der Waals surface area (Å²) in [5, 5.41) is 46.7. The van der Waals surface area contributed by atoms with Crippen LogP contribution in [-0.2, 0) is 20.8 Å². The summed E-state index contributed by atoms with van der Waals surface area (Å²) in [6.45, 7) is -0.330. The maximum Gasteiger partial charge on any atom is 0.259 e. The molecule has 0 spiro atoms. The topological polar surface area (TPSA) is 177 Å². The highest BCUT2D eigenvalue weighted by molar-refractivity contribution is 6.25. The van der Waals surface area contributed by atoms with Gasteiger partial charge in [0, 0.05) is 31.3 Å². The van der Waals surface area contributed by atoms with Crippen molar-refractivity contribution >= 4 is 28.9 Å². The highest BCUT2D eigenvalue weighted by Gasteiger charge is 2.64. The fraction of sp³-hybridized carbons (Fsp3) is 0.458. The molecule has 3 aliphatic rings. The minimum Gasteiger partial charge on any atom is -0.508 e. The molecule has 0 bridgehead atoms. The number of aliphatic hydroxyl groups excluding tert-OH is 2. The number of aromatic hydroxyl groups is 1. The molecule has 0 aliphatic heterocycles. The zero-order chi connectivity index (χ0) is 26.0. The molecule has 7 N–H and O–H groups in total. The van der Waals surface area contributed by atoms with Crippen LogP contribution in [-0.4, -0.2) is 89.3 Å². The van der Waals surface area contributed by atoms with Gasteiger partial charge in [0.05, 0.1) is 18.3 Å². The number of amides is 1. The number of ketones is 2. The Morgan fingerprint density at radius 3 is 2.40 bits per heavy atom. The molecule has 1 fully saturated rings. The summed E-state index contributed by atoms with van der Waals surface area (Å²) < 4.78 is 0. The third-order valence-electron chi connectivity index (χ3n) is 7.30. The van der Waals surface area contributed by atoms with Gasteiger partial charge < -0.3 is 36.4 Å². The second-order valence-corrected chi connectivity index (χ2v) is 9.66. The van der Waals surface area contributed by atoms with Crippen molar-refractivity contribution in [3.05, 3.63) is 40.2 Å². The number of phenols is 1. The Morgan fingerprint density at radius 1 is 1.17 bits per heavy atom. The number of nitrogens with one attached hydrogen (secondary N) is 1. The van der Waals surface area contributed by atoms with E-state index in [2.05, 4.69) is 5.32 Å². The van der Waals surface area contributed by atoms with Crippen LogP contribution in [0.1, 0.15) is 17.5 Å². The number of phenolic OH excluding ortho intramolecular Hbond substituents is 1. The molecular formula is C24H30N4O7. The summed E-state index contributed by atoms with van der Waals surface area (Å²) in [7, 11) is 6.78. The largest absolute Gasteiger partial charge is 0.508 e. The molecule has 4 atom stereocenters. The number of carbonyl (C=O) groups excluding carboxylic acids is 3. The molecule has 0 heterocycles. The van der Waals surface area contributed by atoms with Gasteiger partial charge in [-0.05, 0) is 50.6 Å². The molecule has 11 nitrogen and oxygen atoms in total. The molecule has 0 aromatic heterocycles. The number of carbonyl (C=O) groups is 3. The van der Waals surface area contributed by atoms with E-state index in [0.29, 0.717) is 5.56 Å². The molecule has 4 rings (SSSR count). The van der Waals surface area contributed by atoms with Crippen molar-refractivity contribution in [1.29, 1.82) is 0 Å². The lowest BCUT2D eigenvalue weighted by Crippen LogP contribution is -2.66. The Hall–Kier alpha value is -3.41. The predicted molar refractivity (Wildman–Crippen MR) is 127 cm³/mol. The van der Waals surface area contributed by atoms with Crippen LogP contribution >= 0.6 is 0 Å². The summed E-state index contributed by atoms with van der Waals surface area (Å²) in [6, 6.07) is 2.02. The summed E-state index contributed by atoms with van der Waals surface area (Å²) in [5.74, 6) is -6.22. The lowest BCUT2D eigenvalue weighted by atomic mass is 9.57. The van der Waals surface area contributed by atoms with E-state index in [9.17, 15) is 34.8 Å². The number of hydrogen-bond acceptors (Lipinski definition) is 10. The normalized spacial score (nSPS) is 28.0. The van der Waals surface area contributed by atoms with Gasteiger partial charge in [-0.3, -0.25) is 19.3 Å². The average Bonchev–Trinajstić information content (AvgIpc) is 2.76. The molecular weight excluding hydrogens is 456 g/mol. The SMILES string of the molecule is CN(C)c1ccc(O)c2c1CC1CC3[C@@H](N(C)C)C(=O)C(C(=O)NCN)=C(O)[C@@]3(O)C(=O)C1=C2O. The summed E-state index contributed by atoms with van der Waals surface area (Å²) in [4.78, 5) is 43.1. The van der Waals surface area contributed by atoms with Crippen LogP contribution in [0.5, 0.6) is 5.75 Å². The monoisotopic (exact) mass is 486 g/mol. The molecule has 11 heteroatoms. The Labute approximate surface area is 202 Å². The third kappa shape index (κ3) is 3.33. The average molecular weight is 487 g/mol. The molecule has 35 heavy (non-hydrogen) atoms. The Kier molecular flexibility index (Phi) is 5.90. The van der Waals surface area contributed by atoms with Gasteiger partial charge >= 0.3 is 0 Å². The summed E-state index contributed by atoms with van der Waals surface area (Å²) >= 11 is 0. The highest BCUT2D eigenvalue weighted by atomic mass is 16.3. The van der Waals surface area contributed by atoms with Crippen molar-refractivity contribution in [2.45, 2.75) is 24.5 Å². The highest BCUT2D eigenvalue weighted by Crippen LogP contribution is 2.53. The molecule has 1 saturated carbocycles. The molecule has 0 saturated heterocycles. The first-order valence-electron chi connectivity index (χ1n) is 11.2. The quantitative estimate of drug-likeness (QED) is 0.242. The van der Waals surface area contributed by atoms with E-state index in [0.717, 1.165) is 5.69 Å². The van der Waals surface area contributed by atoms with Crippen LogP contribution in [0.25, 0.3) is 5.76 Å². The van der Waals surface area contributed by atoms with Gasteiger partial charge in [0.1, 0.15) is 22.8 Å². The van der Waals surface area contributed by atoms with Gasteiger partial charge in [-0.25, -0.2) is 0 Å². The number of nitrogens with zero attached hydrogens (tertiary/aromatic N) is 2. The van der Waals surface area contributed by atoms with Crippen molar-refractivity contribution in [1.82, 2.24) is 10.2 Å². The molecule has 188 valence electrons. The minimum absolute atomic E-state index is 0.0635. The first-order valence-corrected chi connectivity index (χ1v) is 11.2. The summed E-state index contributed by atoms with van der Waals surface area (Å²) in [6.07, 6.45) is 0.322. The van der Waals surface area contributed by atoms with Crippen LogP contribution in [0, 0.1) is 11.8 Å². The fourth-order valence-corrected chi connectivity index (χ4v) is 5.81. The third-order valence-corrected chi connectivity index (χ3v) is 7.30. The number of fused-ring (bicyclic) bond motifs is 3. The zero-order valence-electron chi connectivity index (χ0n) is 20.0. The predicted octanol–water partition coefficient (Wildman–Crippen LogP) is -0.423. The lowest BCUT2D eigenvalue weighted by Gasteiger charge is -2.50. The van der Waals surface area contributed by atoms with Crippen molar-refractivity contribution < 1.29 is 34.8 Å². The van der Waals surface area contributed by atoms with Crippen LogP contribution in [0.3, 0.4) is 0 Å². The smallest absolute Gasteiger partial charge is 0.259 e. The molecule has 2 unspecified atom stereocenters. The van der Waals surface area contributed by atoms with E-state index in [1.54, 1.807) is 20.2 Å². The van der Waals surface area contributed by atoms with Crippen LogP contribution in [0.4, 0.5) is 5.69 Å². The molecule has 1 aromatic carbocycles. The second-order valence-electron chi connectivity index (χ2n) is 9.66. The van der Waals surface area contributed by atoms with Crippen LogP contribution < -0.4 is 16.0 Å². The van der Waals surface area contributed by atoms with Crippen molar-refractivity contribution in [3.8, 4) is 5.75 Å². The lowest BCUT2D eigenvalue weighted by molar-refractivity contribution is -0.153. The van der Waals surface area contributed by atoms with Gasteiger partial charge in [-0.2, -0.15) is 0 Å². The Balaban J connectivity index is 1.97. The van der Waals surface area contributed by atoms with E-state index in [-0.39, 0.29) is 36.4 Å². The zero-order valence-corrected chi connectivity index (χ0v) is 20.0. The number of aliphatic hydroxyl groups is 3. The standard InChI is InChI=1S/C24H30N4O7/c1-27(2)13-5-6-14(29)16-11(13)7-10-8-12-18(28(3)4)20(31)17(23(34)26-9-25)22(33)24(12,35)21(32)15(10)19(16)30/h5-6,10,12,18,29-30,33,35H,7-9,25H2,1-4H3,(H,26,34)/t10?,12?,18-,24+/m1/s1. The van der Waals surface area contributed by atoms with Crippen molar-refractivity contribution in [3.63, 3.8) is 0 Å². The minimum atomic E-state index is -2.63. The molecule has 1 amide bonds. The number of likely N-dealkylation sites (N-methyl/N-ethyl adjacent to an activating group) is 1. The maximum absolute atomic E-state index is 13.8. The van der Waals surface area contributed by atoms with Gasteiger partial charge in [-0.15, -0.1) is 0 Å².